The molecule has 1 aliphatic heterocycles. The summed E-state index contributed by atoms with van der Waals surface area (Å²) in [6.07, 6.45) is 2.14. The molecular formula is C11H13FN2O2S. The largest absolute Gasteiger partial charge is 0.311 e. The van der Waals surface area contributed by atoms with Gasteiger partial charge in [0.05, 0.1) is 4.90 Å². The highest BCUT2D eigenvalue weighted by Crippen LogP contribution is 2.34. The van der Waals surface area contributed by atoms with Crippen LogP contribution >= 0.6 is 0 Å². The standard InChI is InChI=1S/C11H13FN2O2S/c1-2-8-3-7-4-9(12)11(17(13)16)5-10(7)14(8)6-15/h4-6,8H,2-3,13H2,1H3. The van der Waals surface area contributed by atoms with Gasteiger partial charge in [-0.2, -0.15) is 0 Å². The van der Waals surface area contributed by atoms with E-state index in [1.807, 2.05) is 6.92 Å². The number of benzene rings is 1. The average Bonchev–Trinajstić information content (AvgIpc) is 2.63. The van der Waals surface area contributed by atoms with E-state index in [0.717, 1.165) is 18.4 Å². The Morgan fingerprint density at radius 3 is 2.88 bits per heavy atom. The van der Waals surface area contributed by atoms with Crippen LogP contribution in [0.2, 0.25) is 0 Å². The van der Waals surface area contributed by atoms with Crippen LogP contribution in [0.15, 0.2) is 17.0 Å². The molecule has 1 heterocycles. The van der Waals surface area contributed by atoms with E-state index in [0.29, 0.717) is 12.1 Å². The molecule has 2 atom stereocenters. The zero-order valence-corrected chi connectivity index (χ0v) is 10.2. The van der Waals surface area contributed by atoms with Gasteiger partial charge in [0, 0.05) is 11.7 Å². The molecule has 92 valence electrons. The van der Waals surface area contributed by atoms with Gasteiger partial charge in [-0.3, -0.25) is 4.79 Å². The Morgan fingerprint density at radius 1 is 1.65 bits per heavy atom. The fourth-order valence-electron chi connectivity index (χ4n) is 2.17. The molecule has 0 aliphatic carbocycles. The van der Waals surface area contributed by atoms with E-state index in [2.05, 4.69) is 0 Å². The van der Waals surface area contributed by atoms with Gasteiger partial charge in [-0.25, -0.2) is 13.7 Å². The van der Waals surface area contributed by atoms with Crippen LogP contribution in [0.25, 0.3) is 0 Å². The first-order chi connectivity index (χ1) is 8.08. The smallest absolute Gasteiger partial charge is 0.214 e. The Balaban J connectivity index is 2.53. The zero-order valence-electron chi connectivity index (χ0n) is 9.35. The van der Waals surface area contributed by atoms with E-state index in [4.69, 9.17) is 5.14 Å². The molecule has 1 amide bonds. The van der Waals surface area contributed by atoms with Crippen LogP contribution < -0.4 is 10.0 Å². The lowest BCUT2D eigenvalue weighted by atomic mass is 10.1. The van der Waals surface area contributed by atoms with Crippen LogP contribution in [-0.4, -0.2) is 16.7 Å². The van der Waals surface area contributed by atoms with Gasteiger partial charge in [-0.1, -0.05) is 6.92 Å². The predicted molar refractivity (Wildman–Crippen MR) is 63.3 cm³/mol. The van der Waals surface area contributed by atoms with Crippen molar-refractivity contribution >= 4 is 23.1 Å². The van der Waals surface area contributed by atoms with Crippen molar-refractivity contribution in [3.8, 4) is 0 Å². The maximum atomic E-state index is 13.6. The van der Waals surface area contributed by atoms with E-state index in [1.165, 1.54) is 12.1 Å². The maximum absolute atomic E-state index is 13.6. The number of fused-ring (bicyclic) bond motifs is 1. The lowest BCUT2D eigenvalue weighted by molar-refractivity contribution is -0.107. The first kappa shape index (κ1) is 12.2. The first-order valence-corrected chi connectivity index (χ1v) is 6.52. The highest BCUT2D eigenvalue weighted by molar-refractivity contribution is 7.82. The summed E-state index contributed by atoms with van der Waals surface area (Å²) in [5.41, 5.74) is 1.37. The second-order valence-electron chi connectivity index (χ2n) is 3.99. The lowest BCUT2D eigenvalue weighted by Gasteiger charge is -2.19. The highest BCUT2D eigenvalue weighted by Gasteiger charge is 2.29. The predicted octanol–water partition coefficient (Wildman–Crippen LogP) is 1.10. The van der Waals surface area contributed by atoms with Crippen LogP contribution in [0.1, 0.15) is 18.9 Å². The number of nitrogens with zero attached hydrogens (tertiary/aromatic N) is 1. The molecule has 4 nitrogen and oxygen atoms in total. The summed E-state index contributed by atoms with van der Waals surface area (Å²) in [5.74, 6) is -0.577. The number of hydrogen-bond acceptors (Lipinski definition) is 2. The summed E-state index contributed by atoms with van der Waals surface area (Å²) >= 11 is 0. The van der Waals surface area contributed by atoms with E-state index in [-0.39, 0.29) is 10.9 Å². The van der Waals surface area contributed by atoms with Gasteiger partial charge in [-0.05, 0) is 30.5 Å². The number of carbonyl (C=O) groups is 1. The van der Waals surface area contributed by atoms with Crippen molar-refractivity contribution in [2.24, 2.45) is 5.14 Å². The molecule has 2 N–H and O–H groups in total. The van der Waals surface area contributed by atoms with Gasteiger partial charge in [0.15, 0.2) is 0 Å². The van der Waals surface area contributed by atoms with Crippen LogP contribution in [-0.2, 0) is 22.2 Å². The molecule has 0 aromatic heterocycles. The van der Waals surface area contributed by atoms with Gasteiger partial charge in [0.2, 0.25) is 6.41 Å². The minimum absolute atomic E-state index is 0.0448. The summed E-state index contributed by atoms with van der Waals surface area (Å²) in [6.45, 7) is 1.96. The molecule has 0 saturated heterocycles. The number of anilines is 1. The van der Waals surface area contributed by atoms with Crippen molar-refractivity contribution in [3.63, 3.8) is 0 Å². The Labute approximate surface area is 101 Å². The molecule has 1 aliphatic rings. The van der Waals surface area contributed by atoms with Gasteiger partial charge in [0.25, 0.3) is 0 Å². The van der Waals surface area contributed by atoms with Crippen molar-refractivity contribution in [2.45, 2.75) is 30.7 Å². The van der Waals surface area contributed by atoms with Crippen LogP contribution in [0, 0.1) is 5.82 Å². The fraction of sp³-hybridized carbons (Fsp3) is 0.364. The van der Waals surface area contributed by atoms with E-state index >= 15 is 0 Å². The SMILES string of the molecule is CCC1Cc2cc(F)c(S(N)=O)cc2N1C=O. The monoisotopic (exact) mass is 256 g/mol. The maximum Gasteiger partial charge on any atom is 0.214 e. The number of carbonyl (C=O) groups excluding carboxylic acids is 1. The average molecular weight is 256 g/mol. The third kappa shape index (κ3) is 1.98. The van der Waals surface area contributed by atoms with Gasteiger partial charge in [0.1, 0.15) is 16.8 Å². The molecule has 2 unspecified atom stereocenters. The Morgan fingerprint density at radius 2 is 2.35 bits per heavy atom. The molecule has 1 aromatic rings. The second-order valence-corrected chi connectivity index (χ2v) is 5.02. The number of nitrogens with two attached hydrogens (primary N) is 1. The third-order valence-electron chi connectivity index (χ3n) is 3.06. The molecule has 6 heteroatoms. The quantitative estimate of drug-likeness (QED) is 0.823. The van der Waals surface area contributed by atoms with Gasteiger partial charge in [-0.15, -0.1) is 0 Å². The van der Waals surface area contributed by atoms with Crippen molar-refractivity contribution in [3.05, 3.63) is 23.5 Å². The van der Waals surface area contributed by atoms with Crippen LogP contribution in [0.4, 0.5) is 10.1 Å². The number of rotatable bonds is 3. The Bertz CT molecular complexity index is 493. The van der Waals surface area contributed by atoms with E-state index in [1.54, 1.807) is 4.90 Å². The topological polar surface area (TPSA) is 63.4 Å². The Hall–Kier alpha value is -1.27. The highest BCUT2D eigenvalue weighted by atomic mass is 32.2. The molecule has 0 saturated carbocycles. The van der Waals surface area contributed by atoms with E-state index in [9.17, 15) is 13.4 Å². The molecule has 1 aromatic carbocycles. The molecule has 0 bridgehead atoms. The lowest BCUT2D eigenvalue weighted by Crippen LogP contribution is -2.29. The van der Waals surface area contributed by atoms with E-state index < -0.39 is 16.8 Å². The summed E-state index contributed by atoms with van der Waals surface area (Å²) < 4.78 is 24.7. The van der Waals surface area contributed by atoms with Crippen LogP contribution in [0.5, 0.6) is 0 Å². The third-order valence-corrected chi connectivity index (χ3v) is 3.81. The second kappa shape index (κ2) is 4.54. The van der Waals surface area contributed by atoms with Crippen molar-refractivity contribution in [2.75, 3.05) is 4.90 Å². The minimum atomic E-state index is -1.88. The van der Waals surface area contributed by atoms with Crippen molar-refractivity contribution in [1.29, 1.82) is 0 Å². The molecule has 0 spiro atoms. The van der Waals surface area contributed by atoms with Crippen molar-refractivity contribution in [1.82, 2.24) is 0 Å². The molecule has 0 radical (unpaired) electrons. The van der Waals surface area contributed by atoms with Gasteiger partial charge < -0.3 is 4.90 Å². The molecule has 2 rings (SSSR count). The fourth-order valence-corrected chi connectivity index (χ4v) is 2.65. The first-order valence-electron chi connectivity index (χ1n) is 5.30. The molecule has 0 fully saturated rings. The summed E-state index contributed by atoms with van der Waals surface area (Å²) in [4.78, 5) is 12.5. The summed E-state index contributed by atoms with van der Waals surface area (Å²) in [7, 11) is -1.88. The number of hydrogen-bond donors (Lipinski definition) is 1. The molecule has 17 heavy (non-hydrogen) atoms. The van der Waals surface area contributed by atoms with Crippen molar-refractivity contribution < 1.29 is 13.4 Å². The zero-order chi connectivity index (χ0) is 12.6. The van der Waals surface area contributed by atoms with Crippen LogP contribution in [0.3, 0.4) is 0 Å². The Kier molecular flexibility index (Phi) is 3.26. The number of halogens is 1. The summed E-state index contributed by atoms with van der Waals surface area (Å²) in [6, 6.07) is 2.77. The normalized spacial score (nSPS) is 20.2. The minimum Gasteiger partial charge on any atom is -0.311 e. The number of amides is 1. The molecular weight excluding hydrogens is 243 g/mol. The summed E-state index contributed by atoms with van der Waals surface area (Å²) in [5, 5.41) is 5.19. The van der Waals surface area contributed by atoms with Gasteiger partial charge >= 0.3 is 0 Å².